The summed E-state index contributed by atoms with van der Waals surface area (Å²) in [5, 5.41) is 8.45. The molecule has 0 amide bonds. The molecule has 0 spiro atoms. The van der Waals surface area contributed by atoms with Gasteiger partial charge < -0.3 is 9.84 Å². The SMILES string of the molecule is CC1C(C=C(Cl)Cl)C1(C)OC(=O)O. The van der Waals surface area contributed by atoms with Crippen molar-refractivity contribution in [1.82, 2.24) is 0 Å². The van der Waals surface area contributed by atoms with Gasteiger partial charge >= 0.3 is 6.16 Å². The van der Waals surface area contributed by atoms with Crippen molar-refractivity contribution in [2.24, 2.45) is 11.8 Å². The van der Waals surface area contributed by atoms with E-state index in [2.05, 4.69) is 0 Å². The predicted molar refractivity (Wildman–Crippen MR) is 50.0 cm³/mol. The molecular weight excluding hydrogens is 215 g/mol. The fraction of sp³-hybridized carbons (Fsp3) is 0.625. The van der Waals surface area contributed by atoms with Crippen molar-refractivity contribution >= 4 is 29.4 Å². The molecular formula is C8H10Cl2O3. The van der Waals surface area contributed by atoms with Crippen LogP contribution in [0.15, 0.2) is 10.6 Å². The molecule has 3 unspecified atom stereocenters. The van der Waals surface area contributed by atoms with Gasteiger partial charge in [0.2, 0.25) is 0 Å². The molecule has 0 aromatic carbocycles. The van der Waals surface area contributed by atoms with E-state index in [0.717, 1.165) is 0 Å². The lowest BCUT2D eigenvalue weighted by atomic mass is 10.3. The molecule has 1 aliphatic carbocycles. The van der Waals surface area contributed by atoms with Gasteiger partial charge in [0, 0.05) is 11.8 Å². The molecule has 3 nitrogen and oxygen atoms in total. The molecule has 5 heteroatoms. The van der Waals surface area contributed by atoms with Crippen LogP contribution in [0.3, 0.4) is 0 Å². The molecule has 1 saturated carbocycles. The summed E-state index contributed by atoms with van der Waals surface area (Å²) < 4.78 is 4.88. The second-order valence-electron chi connectivity index (χ2n) is 3.32. The maximum absolute atomic E-state index is 10.3. The van der Waals surface area contributed by atoms with Gasteiger partial charge in [-0.1, -0.05) is 30.1 Å². The first kappa shape index (κ1) is 10.7. The lowest BCUT2D eigenvalue weighted by Crippen LogP contribution is -2.17. The highest BCUT2D eigenvalue weighted by molar-refractivity contribution is 6.55. The van der Waals surface area contributed by atoms with Gasteiger partial charge in [0.25, 0.3) is 0 Å². The highest BCUT2D eigenvalue weighted by Crippen LogP contribution is 2.54. The summed E-state index contributed by atoms with van der Waals surface area (Å²) in [7, 11) is 0. The van der Waals surface area contributed by atoms with Crippen LogP contribution in [-0.4, -0.2) is 16.9 Å². The third kappa shape index (κ3) is 2.09. The molecule has 0 aromatic rings. The van der Waals surface area contributed by atoms with Crippen LogP contribution in [0, 0.1) is 11.8 Å². The van der Waals surface area contributed by atoms with E-state index < -0.39 is 11.8 Å². The van der Waals surface area contributed by atoms with Crippen LogP contribution in [0.2, 0.25) is 0 Å². The second kappa shape index (κ2) is 3.39. The smallest absolute Gasteiger partial charge is 0.450 e. The number of hydrogen-bond donors (Lipinski definition) is 1. The lowest BCUT2D eigenvalue weighted by Gasteiger charge is -2.08. The van der Waals surface area contributed by atoms with Gasteiger partial charge in [-0.3, -0.25) is 0 Å². The molecule has 1 aliphatic rings. The summed E-state index contributed by atoms with van der Waals surface area (Å²) in [6.07, 6.45) is 0.340. The van der Waals surface area contributed by atoms with Crippen molar-refractivity contribution in [3.05, 3.63) is 10.6 Å². The summed E-state index contributed by atoms with van der Waals surface area (Å²) in [6, 6.07) is 0. The van der Waals surface area contributed by atoms with Gasteiger partial charge in [-0.2, -0.15) is 0 Å². The highest BCUT2D eigenvalue weighted by atomic mass is 35.5. The maximum Gasteiger partial charge on any atom is 0.506 e. The highest BCUT2D eigenvalue weighted by Gasteiger charge is 2.61. The molecule has 13 heavy (non-hydrogen) atoms. The van der Waals surface area contributed by atoms with Crippen molar-refractivity contribution in [1.29, 1.82) is 0 Å². The Kier molecular flexibility index (Phi) is 2.78. The molecule has 0 heterocycles. The molecule has 1 rings (SSSR count). The zero-order valence-electron chi connectivity index (χ0n) is 7.25. The average molecular weight is 225 g/mol. The van der Waals surface area contributed by atoms with Crippen LogP contribution in [-0.2, 0) is 4.74 Å². The van der Waals surface area contributed by atoms with Crippen molar-refractivity contribution in [3.63, 3.8) is 0 Å². The van der Waals surface area contributed by atoms with Gasteiger partial charge in [-0.25, -0.2) is 4.79 Å². The van der Waals surface area contributed by atoms with Crippen LogP contribution in [0.1, 0.15) is 13.8 Å². The number of halogens is 2. The first-order chi connectivity index (χ1) is 5.88. The van der Waals surface area contributed by atoms with Gasteiger partial charge in [0.1, 0.15) is 10.1 Å². The van der Waals surface area contributed by atoms with Crippen molar-refractivity contribution < 1.29 is 14.6 Å². The van der Waals surface area contributed by atoms with Gasteiger partial charge in [0.05, 0.1) is 0 Å². The Morgan fingerprint density at radius 3 is 2.54 bits per heavy atom. The van der Waals surface area contributed by atoms with Gasteiger partial charge in [-0.15, -0.1) is 0 Å². The van der Waals surface area contributed by atoms with Gasteiger partial charge in [0.15, 0.2) is 0 Å². The van der Waals surface area contributed by atoms with Crippen molar-refractivity contribution in [3.8, 4) is 0 Å². The third-order valence-electron chi connectivity index (χ3n) is 2.61. The Bertz CT molecular complexity index is 260. The molecule has 3 atom stereocenters. The molecule has 0 radical (unpaired) electrons. The minimum Gasteiger partial charge on any atom is -0.450 e. The number of carbonyl (C=O) groups is 1. The van der Waals surface area contributed by atoms with Crippen LogP contribution in [0.4, 0.5) is 4.79 Å². The van der Waals surface area contributed by atoms with Crippen LogP contribution in [0.25, 0.3) is 0 Å². The first-order valence-electron chi connectivity index (χ1n) is 3.82. The fourth-order valence-corrected chi connectivity index (χ4v) is 1.80. The summed E-state index contributed by atoms with van der Waals surface area (Å²) in [5.41, 5.74) is -0.666. The molecule has 1 N–H and O–H groups in total. The minimum atomic E-state index is -1.27. The van der Waals surface area contributed by atoms with E-state index in [1.54, 1.807) is 13.0 Å². The summed E-state index contributed by atoms with van der Waals surface area (Å²) >= 11 is 10.9. The second-order valence-corrected chi connectivity index (χ2v) is 4.33. The number of rotatable bonds is 2. The Morgan fingerprint density at radius 2 is 2.15 bits per heavy atom. The Morgan fingerprint density at radius 1 is 1.62 bits per heavy atom. The van der Waals surface area contributed by atoms with Gasteiger partial charge in [-0.05, 0) is 13.0 Å². The number of ether oxygens (including phenoxy) is 1. The topological polar surface area (TPSA) is 46.5 Å². The standard InChI is InChI=1S/C8H10Cl2O3/c1-4-5(3-6(9)10)8(4,2)13-7(11)12/h3-5H,1-2H3,(H,11,12). The Hall–Kier alpha value is -0.410. The van der Waals surface area contributed by atoms with Crippen molar-refractivity contribution in [2.75, 3.05) is 0 Å². The first-order valence-corrected chi connectivity index (χ1v) is 4.58. The molecule has 0 aliphatic heterocycles. The van der Waals surface area contributed by atoms with E-state index >= 15 is 0 Å². The van der Waals surface area contributed by atoms with E-state index in [0.29, 0.717) is 0 Å². The van der Waals surface area contributed by atoms with E-state index in [1.165, 1.54) is 0 Å². The zero-order chi connectivity index (χ0) is 10.2. The van der Waals surface area contributed by atoms with E-state index in [4.69, 9.17) is 33.0 Å². The van der Waals surface area contributed by atoms with E-state index in [-0.39, 0.29) is 16.3 Å². The summed E-state index contributed by atoms with van der Waals surface area (Å²) in [6.45, 7) is 3.62. The fourth-order valence-electron chi connectivity index (χ4n) is 1.53. The van der Waals surface area contributed by atoms with E-state index in [1.807, 2.05) is 6.92 Å². The van der Waals surface area contributed by atoms with Crippen LogP contribution < -0.4 is 0 Å². The Labute approximate surface area is 86.3 Å². The summed E-state index contributed by atoms with van der Waals surface area (Å²) in [4.78, 5) is 10.3. The zero-order valence-corrected chi connectivity index (χ0v) is 8.76. The predicted octanol–water partition coefficient (Wildman–Crippen LogP) is 3.02. The molecule has 1 fully saturated rings. The lowest BCUT2D eigenvalue weighted by molar-refractivity contribution is 0.0373. The number of carboxylic acid groups (broad SMARTS) is 1. The molecule has 74 valence electrons. The molecule has 0 saturated heterocycles. The number of hydrogen-bond acceptors (Lipinski definition) is 2. The minimum absolute atomic E-state index is 0.0198. The normalized spacial score (nSPS) is 36.6. The Balaban J connectivity index is 2.65. The largest absolute Gasteiger partial charge is 0.506 e. The average Bonchev–Trinajstić information content (AvgIpc) is 2.38. The monoisotopic (exact) mass is 224 g/mol. The quantitative estimate of drug-likeness (QED) is 0.734. The van der Waals surface area contributed by atoms with Crippen molar-refractivity contribution in [2.45, 2.75) is 19.4 Å². The summed E-state index contributed by atoms with van der Waals surface area (Å²) in [5.74, 6) is 0.102. The molecule has 0 aromatic heterocycles. The van der Waals surface area contributed by atoms with Crippen LogP contribution >= 0.6 is 23.2 Å². The third-order valence-corrected chi connectivity index (χ3v) is 2.86. The van der Waals surface area contributed by atoms with Crippen LogP contribution in [0.5, 0.6) is 0 Å². The maximum atomic E-state index is 10.3. The van der Waals surface area contributed by atoms with E-state index in [9.17, 15) is 4.79 Å². The molecule has 0 bridgehead atoms.